The molecule has 0 spiro atoms. The summed E-state index contributed by atoms with van der Waals surface area (Å²) in [6.07, 6.45) is 7.95. The van der Waals surface area contributed by atoms with Crippen LogP contribution in [0.1, 0.15) is 114 Å². The minimum absolute atomic E-state index is 0.331. The van der Waals surface area contributed by atoms with E-state index in [0.29, 0.717) is 29.6 Å². The summed E-state index contributed by atoms with van der Waals surface area (Å²) in [7, 11) is 0. The maximum atomic E-state index is 6.78. The molecule has 0 aliphatic heterocycles. The molecular weight excluding hydrogens is 613 g/mol. The molecular formula is C45H52N4O. The van der Waals surface area contributed by atoms with Gasteiger partial charge in [0, 0.05) is 46.3 Å². The number of rotatable bonds is 9. The summed E-state index contributed by atoms with van der Waals surface area (Å²) < 4.78 is 11.2. The van der Waals surface area contributed by atoms with Gasteiger partial charge in [-0.05, 0) is 104 Å². The number of hydrogen-bond acceptors (Lipinski definition) is 3. The van der Waals surface area contributed by atoms with Crippen molar-refractivity contribution in [2.45, 2.75) is 99.3 Å². The zero-order valence-electron chi connectivity index (χ0n) is 31.3. The van der Waals surface area contributed by atoms with Crippen molar-refractivity contribution in [3.05, 3.63) is 119 Å². The normalized spacial score (nSPS) is 18.1. The van der Waals surface area contributed by atoms with Gasteiger partial charge in [0.2, 0.25) is 0 Å². The number of allylic oxidation sites excluding steroid dienone is 2. The molecule has 5 nitrogen and oxygen atoms in total. The molecule has 1 unspecified atom stereocenters. The van der Waals surface area contributed by atoms with E-state index in [1.54, 1.807) is 5.57 Å². The van der Waals surface area contributed by atoms with E-state index >= 15 is 0 Å². The van der Waals surface area contributed by atoms with Gasteiger partial charge in [-0.1, -0.05) is 84.7 Å². The quantitative estimate of drug-likeness (QED) is 0.145. The SMILES string of the molecule is CCC1=C[C@H](C)CC(CC)[C@H]1c1c(C)nn(-c2cc(Oc3ccc4c5ccccc5n(-c5cc(C(C)C)ccn5)c4c3)cc(C(C)C)c2)c1C. The summed E-state index contributed by atoms with van der Waals surface area (Å²) >= 11 is 0. The van der Waals surface area contributed by atoms with E-state index < -0.39 is 0 Å². The topological polar surface area (TPSA) is 44.9 Å². The first-order chi connectivity index (χ1) is 24.1. The van der Waals surface area contributed by atoms with E-state index in [4.69, 9.17) is 14.8 Å². The Balaban J connectivity index is 1.32. The van der Waals surface area contributed by atoms with Gasteiger partial charge in [0.25, 0.3) is 0 Å². The Bertz CT molecular complexity index is 2210. The number of fused-ring (bicyclic) bond motifs is 3. The van der Waals surface area contributed by atoms with Crippen LogP contribution < -0.4 is 4.74 Å². The number of ether oxygens (including phenoxy) is 1. The average Bonchev–Trinajstić information content (AvgIpc) is 3.59. The van der Waals surface area contributed by atoms with Crippen molar-refractivity contribution in [1.82, 2.24) is 19.3 Å². The lowest BCUT2D eigenvalue weighted by molar-refractivity contribution is 0.347. The van der Waals surface area contributed by atoms with Crippen LogP contribution in [0, 0.1) is 25.7 Å². The number of hydrogen-bond donors (Lipinski definition) is 0. The van der Waals surface area contributed by atoms with Crippen LogP contribution in [0.3, 0.4) is 0 Å². The molecule has 0 N–H and O–H groups in total. The van der Waals surface area contributed by atoms with Gasteiger partial charge in [-0.3, -0.25) is 4.57 Å². The number of benzene rings is 3. The summed E-state index contributed by atoms with van der Waals surface area (Å²) in [5.41, 5.74) is 11.1. The van der Waals surface area contributed by atoms with E-state index in [0.717, 1.165) is 46.2 Å². The van der Waals surface area contributed by atoms with Crippen molar-refractivity contribution < 1.29 is 4.74 Å². The lowest BCUT2D eigenvalue weighted by atomic mass is 9.69. The fourth-order valence-corrected chi connectivity index (χ4v) is 8.40. The molecule has 3 atom stereocenters. The first-order valence-corrected chi connectivity index (χ1v) is 18.7. The van der Waals surface area contributed by atoms with Crippen molar-refractivity contribution in [1.29, 1.82) is 0 Å². The molecule has 0 saturated heterocycles. The van der Waals surface area contributed by atoms with Gasteiger partial charge in [0.1, 0.15) is 17.3 Å². The van der Waals surface area contributed by atoms with Gasteiger partial charge < -0.3 is 4.74 Å². The molecule has 1 aliphatic carbocycles. The third-order valence-electron chi connectivity index (χ3n) is 11.0. The summed E-state index contributed by atoms with van der Waals surface area (Å²) in [6, 6.07) is 25.9. The Morgan fingerprint density at radius 3 is 2.32 bits per heavy atom. The van der Waals surface area contributed by atoms with Crippen LogP contribution in [-0.2, 0) is 0 Å². The van der Waals surface area contributed by atoms with Gasteiger partial charge in [-0.15, -0.1) is 0 Å². The Morgan fingerprint density at radius 1 is 0.820 bits per heavy atom. The Hall–Kier alpha value is -4.64. The number of para-hydroxylation sites is 1. The highest BCUT2D eigenvalue weighted by Crippen LogP contribution is 2.46. The highest BCUT2D eigenvalue weighted by atomic mass is 16.5. The monoisotopic (exact) mass is 664 g/mol. The Labute approximate surface area is 298 Å². The van der Waals surface area contributed by atoms with Gasteiger partial charge in [-0.25, -0.2) is 9.67 Å². The molecule has 0 bridgehead atoms. The predicted molar refractivity (Wildman–Crippen MR) is 209 cm³/mol. The Morgan fingerprint density at radius 2 is 1.58 bits per heavy atom. The smallest absolute Gasteiger partial charge is 0.137 e. The van der Waals surface area contributed by atoms with Crippen LogP contribution in [0.25, 0.3) is 33.3 Å². The van der Waals surface area contributed by atoms with Crippen LogP contribution in [0.15, 0.2) is 90.6 Å². The minimum Gasteiger partial charge on any atom is -0.457 e. The van der Waals surface area contributed by atoms with Crippen molar-refractivity contribution >= 4 is 21.8 Å². The first-order valence-electron chi connectivity index (χ1n) is 18.7. The average molecular weight is 665 g/mol. The maximum absolute atomic E-state index is 6.78. The Kier molecular flexibility index (Phi) is 9.19. The molecule has 0 fully saturated rings. The molecule has 0 amide bonds. The van der Waals surface area contributed by atoms with Gasteiger partial charge in [-0.2, -0.15) is 5.10 Å². The molecule has 0 radical (unpaired) electrons. The molecule has 258 valence electrons. The van der Waals surface area contributed by atoms with Gasteiger partial charge >= 0.3 is 0 Å². The highest BCUT2D eigenvalue weighted by molar-refractivity contribution is 6.09. The van der Waals surface area contributed by atoms with E-state index in [1.165, 1.54) is 46.0 Å². The second kappa shape index (κ2) is 13.6. The van der Waals surface area contributed by atoms with Crippen LogP contribution in [0.5, 0.6) is 11.5 Å². The minimum atomic E-state index is 0.331. The van der Waals surface area contributed by atoms with Crippen molar-refractivity contribution in [2.75, 3.05) is 0 Å². The van der Waals surface area contributed by atoms with Gasteiger partial charge in [0.05, 0.1) is 22.4 Å². The summed E-state index contributed by atoms with van der Waals surface area (Å²) in [5, 5.41) is 7.60. The number of pyridine rings is 1. The third-order valence-corrected chi connectivity index (χ3v) is 11.0. The van der Waals surface area contributed by atoms with E-state index in [-0.39, 0.29) is 0 Å². The molecule has 5 heteroatoms. The molecule has 3 heterocycles. The molecule has 1 aliphatic rings. The number of aromatic nitrogens is 4. The van der Waals surface area contributed by atoms with Crippen LogP contribution in [-0.4, -0.2) is 19.3 Å². The molecule has 7 rings (SSSR count). The zero-order valence-corrected chi connectivity index (χ0v) is 31.3. The fourth-order valence-electron chi connectivity index (χ4n) is 8.40. The van der Waals surface area contributed by atoms with E-state index in [9.17, 15) is 0 Å². The molecule has 50 heavy (non-hydrogen) atoms. The standard InChI is InChI=1S/C45H52N4O/c1-10-32-20-29(7)21-33(11-2)45(32)44-30(8)47-49(31(44)9)36-22-35(28(5)6)23-38(25-36)50-37-16-17-40-39-14-12-13-15-41(39)48(42(40)26-37)43-24-34(27(3)4)18-19-46-43/h12-20,22-29,33,45H,10-11,21H2,1-9H3/t29-,33?,45-/m0/s1. The number of aryl methyl sites for hydroxylation is 1. The highest BCUT2D eigenvalue weighted by Gasteiger charge is 2.34. The molecule has 3 aromatic carbocycles. The molecule has 3 aromatic heterocycles. The van der Waals surface area contributed by atoms with Crippen molar-refractivity contribution in [3.63, 3.8) is 0 Å². The fraction of sp³-hybridized carbons (Fsp3) is 0.378. The number of nitrogens with zero attached hydrogens (tertiary/aromatic N) is 4. The van der Waals surface area contributed by atoms with Crippen molar-refractivity contribution in [3.8, 4) is 23.0 Å². The third kappa shape index (κ3) is 6.05. The lowest BCUT2D eigenvalue weighted by Gasteiger charge is -2.35. The molecule has 6 aromatic rings. The first kappa shape index (κ1) is 33.8. The van der Waals surface area contributed by atoms with Crippen LogP contribution in [0.4, 0.5) is 0 Å². The largest absolute Gasteiger partial charge is 0.457 e. The second-order valence-corrected chi connectivity index (χ2v) is 15.1. The summed E-state index contributed by atoms with van der Waals surface area (Å²) in [5.74, 6) is 4.96. The van der Waals surface area contributed by atoms with Crippen LogP contribution >= 0.6 is 0 Å². The van der Waals surface area contributed by atoms with Crippen LogP contribution in [0.2, 0.25) is 0 Å². The van der Waals surface area contributed by atoms with Gasteiger partial charge in [0.15, 0.2) is 0 Å². The predicted octanol–water partition coefficient (Wildman–Crippen LogP) is 12.5. The van der Waals surface area contributed by atoms with E-state index in [2.05, 4.69) is 150 Å². The maximum Gasteiger partial charge on any atom is 0.137 e. The molecule has 0 saturated carbocycles. The summed E-state index contributed by atoms with van der Waals surface area (Å²) in [6.45, 7) is 20.4. The lowest BCUT2D eigenvalue weighted by Crippen LogP contribution is -2.23. The second-order valence-electron chi connectivity index (χ2n) is 15.1. The zero-order chi connectivity index (χ0) is 35.3. The van der Waals surface area contributed by atoms with E-state index in [1.807, 2.05) is 6.20 Å². The van der Waals surface area contributed by atoms with Crippen molar-refractivity contribution in [2.24, 2.45) is 11.8 Å². The summed E-state index contributed by atoms with van der Waals surface area (Å²) in [4.78, 5) is 4.84.